The normalized spacial score (nSPS) is 12.6. The fourth-order valence-electron chi connectivity index (χ4n) is 3.08. The molecule has 1 heterocycles. The Morgan fingerprint density at radius 2 is 1.90 bits per heavy atom. The molecule has 0 aliphatic carbocycles. The van der Waals surface area contributed by atoms with E-state index in [-0.39, 0.29) is 5.69 Å². The van der Waals surface area contributed by atoms with Crippen LogP contribution in [-0.4, -0.2) is 25.9 Å². The number of carbonyl (C=O) groups is 1. The van der Waals surface area contributed by atoms with Crippen molar-refractivity contribution in [1.82, 2.24) is 14.8 Å². The zero-order valence-corrected chi connectivity index (χ0v) is 18.2. The molecule has 3 rings (SSSR count). The van der Waals surface area contributed by atoms with Crippen LogP contribution >= 0.6 is 11.8 Å². The summed E-state index contributed by atoms with van der Waals surface area (Å²) in [6.07, 6.45) is -3.71. The molecule has 31 heavy (non-hydrogen) atoms. The Kier molecular flexibility index (Phi) is 7.04. The summed E-state index contributed by atoms with van der Waals surface area (Å²) in [7, 11) is 0. The van der Waals surface area contributed by atoms with E-state index in [1.807, 2.05) is 42.7 Å². The van der Waals surface area contributed by atoms with Crippen LogP contribution in [0.4, 0.5) is 18.9 Å². The van der Waals surface area contributed by atoms with Gasteiger partial charge in [-0.05, 0) is 38.5 Å². The van der Waals surface area contributed by atoms with Gasteiger partial charge >= 0.3 is 6.18 Å². The van der Waals surface area contributed by atoms with Crippen molar-refractivity contribution in [3.63, 3.8) is 0 Å². The van der Waals surface area contributed by atoms with Gasteiger partial charge in [0.15, 0.2) is 11.0 Å². The lowest BCUT2D eigenvalue weighted by Gasteiger charge is -2.16. The largest absolute Gasteiger partial charge is 0.418 e. The number of para-hydroxylation sites is 1. The maximum Gasteiger partial charge on any atom is 0.418 e. The first kappa shape index (κ1) is 22.9. The maximum atomic E-state index is 13.2. The fraction of sp³-hybridized carbons (Fsp3) is 0.318. The minimum absolute atomic E-state index is 0.261. The number of benzene rings is 2. The van der Waals surface area contributed by atoms with Crippen molar-refractivity contribution in [2.24, 2.45) is 0 Å². The molecular formula is C22H23F3N4OS. The third-order valence-corrected chi connectivity index (χ3v) is 5.66. The average Bonchev–Trinajstić information content (AvgIpc) is 3.10. The molecule has 1 N–H and O–H groups in total. The van der Waals surface area contributed by atoms with Crippen molar-refractivity contribution >= 4 is 23.4 Å². The first-order valence-electron chi connectivity index (χ1n) is 9.84. The molecule has 3 aromatic rings. The van der Waals surface area contributed by atoms with Gasteiger partial charge in [-0.1, -0.05) is 54.6 Å². The number of nitrogens with zero attached hydrogens (tertiary/aromatic N) is 3. The van der Waals surface area contributed by atoms with Crippen LogP contribution in [-0.2, 0) is 17.5 Å². The number of hydrogen-bond donors (Lipinski definition) is 1. The second-order valence-electron chi connectivity index (χ2n) is 7.12. The van der Waals surface area contributed by atoms with E-state index in [4.69, 9.17) is 0 Å². The molecule has 0 bridgehead atoms. The van der Waals surface area contributed by atoms with Crippen molar-refractivity contribution < 1.29 is 18.0 Å². The van der Waals surface area contributed by atoms with E-state index in [0.717, 1.165) is 23.6 Å². The topological polar surface area (TPSA) is 59.8 Å². The van der Waals surface area contributed by atoms with Gasteiger partial charge in [0.05, 0.1) is 16.5 Å². The molecule has 0 saturated carbocycles. The second-order valence-corrected chi connectivity index (χ2v) is 8.43. The van der Waals surface area contributed by atoms with Crippen LogP contribution in [0.15, 0.2) is 53.7 Å². The average molecular weight is 449 g/mol. The summed E-state index contributed by atoms with van der Waals surface area (Å²) in [6, 6.07) is 12.8. The standard InChI is InChI=1S/C22H23F3N4OS/c1-4-12-29-19(16-9-7-8-14(2)13-16)27-28-21(29)31-15(3)20(30)26-18-11-6-5-10-17(18)22(23,24)25/h5-11,13,15H,4,12H2,1-3H3,(H,26,30). The third kappa shape index (κ3) is 5.46. The van der Waals surface area contributed by atoms with Crippen molar-refractivity contribution in [3.05, 3.63) is 59.7 Å². The predicted molar refractivity (Wildman–Crippen MR) is 116 cm³/mol. The molecule has 164 valence electrons. The first-order valence-corrected chi connectivity index (χ1v) is 10.7. The SMILES string of the molecule is CCCn1c(SC(C)C(=O)Nc2ccccc2C(F)(F)F)nnc1-c1cccc(C)c1. The fourth-order valence-corrected chi connectivity index (χ4v) is 3.96. The van der Waals surface area contributed by atoms with Gasteiger partial charge in [0.2, 0.25) is 5.91 Å². The van der Waals surface area contributed by atoms with Gasteiger partial charge in [0, 0.05) is 12.1 Å². The molecule has 0 fully saturated rings. The molecule has 1 aromatic heterocycles. The van der Waals surface area contributed by atoms with E-state index >= 15 is 0 Å². The van der Waals surface area contributed by atoms with Crippen LogP contribution in [0, 0.1) is 6.92 Å². The highest BCUT2D eigenvalue weighted by molar-refractivity contribution is 8.00. The molecule has 1 atom stereocenters. The first-order chi connectivity index (χ1) is 14.7. The number of carbonyl (C=O) groups excluding carboxylic acids is 1. The van der Waals surface area contributed by atoms with Crippen LogP contribution < -0.4 is 5.32 Å². The second kappa shape index (κ2) is 9.55. The lowest BCUT2D eigenvalue weighted by molar-refractivity contribution is -0.137. The summed E-state index contributed by atoms with van der Waals surface area (Å²) >= 11 is 1.17. The Labute approximate surface area is 183 Å². The highest BCUT2D eigenvalue weighted by atomic mass is 32.2. The Morgan fingerprint density at radius 1 is 1.16 bits per heavy atom. The van der Waals surface area contributed by atoms with Crippen LogP contribution in [0.1, 0.15) is 31.4 Å². The molecule has 0 aliphatic rings. The molecule has 0 radical (unpaired) electrons. The van der Waals surface area contributed by atoms with Gasteiger partial charge < -0.3 is 9.88 Å². The number of alkyl halides is 3. The summed E-state index contributed by atoms with van der Waals surface area (Å²) in [4.78, 5) is 12.6. The summed E-state index contributed by atoms with van der Waals surface area (Å²) < 4.78 is 41.5. The van der Waals surface area contributed by atoms with Gasteiger partial charge in [-0.3, -0.25) is 4.79 Å². The molecule has 0 spiro atoms. The van der Waals surface area contributed by atoms with Gasteiger partial charge in [-0.15, -0.1) is 10.2 Å². The summed E-state index contributed by atoms with van der Waals surface area (Å²) in [5.41, 5.74) is 0.872. The van der Waals surface area contributed by atoms with Gasteiger partial charge in [-0.25, -0.2) is 0 Å². The van der Waals surface area contributed by atoms with Crippen molar-refractivity contribution in [1.29, 1.82) is 0 Å². The number of rotatable bonds is 7. The zero-order chi connectivity index (χ0) is 22.6. The minimum atomic E-state index is -4.55. The van der Waals surface area contributed by atoms with Crippen molar-refractivity contribution in [2.75, 3.05) is 5.32 Å². The molecule has 0 saturated heterocycles. The number of anilines is 1. The van der Waals surface area contributed by atoms with E-state index in [1.165, 1.54) is 30.0 Å². The Hall–Kier alpha value is -2.81. The summed E-state index contributed by atoms with van der Waals surface area (Å²) in [5.74, 6) is 0.160. The number of amides is 1. The Morgan fingerprint density at radius 3 is 2.58 bits per heavy atom. The van der Waals surface area contributed by atoms with E-state index in [9.17, 15) is 18.0 Å². The number of aryl methyl sites for hydroxylation is 1. The number of nitrogens with one attached hydrogen (secondary N) is 1. The molecular weight excluding hydrogens is 425 g/mol. The van der Waals surface area contributed by atoms with Crippen LogP contribution in [0.3, 0.4) is 0 Å². The van der Waals surface area contributed by atoms with Gasteiger partial charge in [0.25, 0.3) is 0 Å². The summed E-state index contributed by atoms with van der Waals surface area (Å²) in [5, 5.41) is 10.8. The third-order valence-electron chi connectivity index (χ3n) is 4.58. The molecule has 0 aliphatic heterocycles. The molecule has 5 nitrogen and oxygen atoms in total. The molecule has 1 unspecified atom stereocenters. The van der Waals surface area contributed by atoms with E-state index in [0.29, 0.717) is 17.5 Å². The number of halogens is 3. The van der Waals surface area contributed by atoms with Crippen LogP contribution in [0.5, 0.6) is 0 Å². The minimum Gasteiger partial charge on any atom is -0.325 e. The highest BCUT2D eigenvalue weighted by Crippen LogP contribution is 2.35. The zero-order valence-electron chi connectivity index (χ0n) is 17.4. The molecule has 2 aromatic carbocycles. The number of aromatic nitrogens is 3. The van der Waals surface area contributed by atoms with E-state index in [1.54, 1.807) is 6.92 Å². The van der Waals surface area contributed by atoms with Crippen LogP contribution in [0.2, 0.25) is 0 Å². The highest BCUT2D eigenvalue weighted by Gasteiger charge is 2.34. The van der Waals surface area contributed by atoms with Gasteiger partial charge in [-0.2, -0.15) is 13.2 Å². The molecule has 1 amide bonds. The van der Waals surface area contributed by atoms with Crippen molar-refractivity contribution in [2.45, 2.75) is 50.3 Å². The predicted octanol–water partition coefficient (Wildman–Crippen LogP) is 5.80. The van der Waals surface area contributed by atoms with Crippen molar-refractivity contribution in [3.8, 4) is 11.4 Å². The summed E-state index contributed by atoms with van der Waals surface area (Å²) in [6.45, 7) is 6.31. The Bertz CT molecular complexity index is 1060. The lowest BCUT2D eigenvalue weighted by Crippen LogP contribution is -2.24. The number of hydrogen-bond acceptors (Lipinski definition) is 4. The van der Waals surface area contributed by atoms with Gasteiger partial charge in [0.1, 0.15) is 0 Å². The smallest absolute Gasteiger partial charge is 0.325 e. The Balaban J connectivity index is 1.81. The lowest BCUT2D eigenvalue weighted by atomic mass is 10.1. The monoisotopic (exact) mass is 448 g/mol. The molecule has 9 heteroatoms. The number of thioether (sulfide) groups is 1. The van der Waals surface area contributed by atoms with E-state index < -0.39 is 22.9 Å². The maximum absolute atomic E-state index is 13.2. The quantitative estimate of drug-likeness (QED) is 0.464. The van der Waals surface area contributed by atoms with E-state index in [2.05, 4.69) is 15.5 Å². The van der Waals surface area contributed by atoms with Crippen LogP contribution in [0.25, 0.3) is 11.4 Å².